The molecule has 2 heteroatoms. The molecule has 1 aromatic rings. The fourth-order valence-corrected chi connectivity index (χ4v) is 1.58. The Bertz CT molecular complexity index is 215. The highest BCUT2D eigenvalue weighted by Crippen LogP contribution is 2.13. The maximum atomic E-state index is 4.15. The molecule has 0 saturated heterocycles. The minimum absolute atomic E-state index is 1.06. The normalized spacial score (nSPS) is 9.70. The van der Waals surface area contributed by atoms with E-state index in [1.807, 2.05) is 19.2 Å². The van der Waals surface area contributed by atoms with Crippen LogP contribution >= 0.6 is 11.3 Å². The SMILES string of the molecule is C=CCCc1cnc(C)s1. The molecule has 0 bridgehead atoms. The van der Waals surface area contributed by atoms with Gasteiger partial charge in [0.05, 0.1) is 5.01 Å². The van der Waals surface area contributed by atoms with Gasteiger partial charge in [-0.05, 0) is 19.8 Å². The molecule has 1 nitrogen and oxygen atoms in total. The Kier molecular flexibility index (Phi) is 2.63. The average molecular weight is 153 g/mol. The topological polar surface area (TPSA) is 12.9 Å². The van der Waals surface area contributed by atoms with Crippen LogP contribution in [-0.4, -0.2) is 4.98 Å². The summed E-state index contributed by atoms with van der Waals surface area (Å²) in [6.45, 7) is 5.70. The molecule has 0 aliphatic carbocycles. The Balaban J connectivity index is 2.49. The highest BCUT2D eigenvalue weighted by molar-refractivity contribution is 7.11. The van der Waals surface area contributed by atoms with Crippen LogP contribution in [0.25, 0.3) is 0 Å². The highest BCUT2D eigenvalue weighted by Gasteiger charge is 1.94. The minimum Gasteiger partial charge on any atom is -0.250 e. The lowest BCUT2D eigenvalue weighted by Crippen LogP contribution is -1.73. The third-order valence-corrected chi connectivity index (χ3v) is 2.24. The Morgan fingerprint density at radius 2 is 2.60 bits per heavy atom. The molecule has 0 aromatic carbocycles. The molecule has 0 spiro atoms. The number of allylic oxidation sites excluding steroid dienone is 1. The van der Waals surface area contributed by atoms with Gasteiger partial charge in [-0.15, -0.1) is 17.9 Å². The monoisotopic (exact) mass is 153 g/mol. The number of hydrogen-bond acceptors (Lipinski definition) is 2. The summed E-state index contributed by atoms with van der Waals surface area (Å²) in [5, 5.41) is 1.15. The molecule has 0 atom stereocenters. The lowest BCUT2D eigenvalue weighted by molar-refractivity contribution is 1.02. The van der Waals surface area contributed by atoms with Crippen molar-refractivity contribution in [2.45, 2.75) is 19.8 Å². The fraction of sp³-hybridized carbons (Fsp3) is 0.375. The van der Waals surface area contributed by atoms with Gasteiger partial charge in [0.25, 0.3) is 0 Å². The van der Waals surface area contributed by atoms with Gasteiger partial charge in [-0.2, -0.15) is 0 Å². The largest absolute Gasteiger partial charge is 0.250 e. The second kappa shape index (κ2) is 3.52. The second-order valence-electron chi connectivity index (χ2n) is 2.17. The van der Waals surface area contributed by atoms with Crippen LogP contribution in [0.3, 0.4) is 0 Å². The zero-order valence-corrected chi connectivity index (χ0v) is 6.95. The summed E-state index contributed by atoms with van der Waals surface area (Å²) in [4.78, 5) is 5.51. The number of nitrogens with zero attached hydrogens (tertiary/aromatic N) is 1. The standard InChI is InChI=1S/C8H11NS/c1-3-4-5-8-6-9-7(2)10-8/h3,6H,1,4-5H2,2H3. The molecule has 0 aliphatic heterocycles. The van der Waals surface area contributed by atoms with Crippen molar-refractivity contribution in [3.8, 4) is 0 Å². The van der Waals surface area contributed by atoms with E-state index in [4.69, 9.17) is 0 Å². The van der Waals surface area contributed by atoms with Crippen molar-refractivity contribution >= 4 is 11.3 Å². The number of rotatable bonds is 3. The molecule has 54 valence electrons. The summed E-state index contributed by atoms with van der Waals surface area (Å²) in [6.07, 6.45) is 6.04. The molecule has 0 saturated carbocycles. The Hall–Kier alpha value is -0.630. The van der Waals surface area contributed by atoms with E-state index in [0.29, 0.717) is 0 Å². The van der Waals surface area contributed by atoms with Crippen LogP contribution in [0.1, 0.15) is 16.3 Å². The van der Waals surface area contributed by atoms with E-state index in [1.165, 1.54) is 4.88 Å². The molecule has 1 rings (SSSR count). The van der Waals surface area contributed by atoms with Crippen LogP contribution in [0, 0.1) is 6.92 Å². The Morgan fingerprint density at radius 1 is 1.80 bits per heavy atom. The maximum absolute atomic E-state index is 4.15. The van der Waals surface area contributed by atoms with Crippen molar-refractivity contribution in [2.75, 3.05) is 0 Å². The average Bonchev–Trinajstić information content (AvgIpc) is 2.31. The predicted molar refractivity (Wildman–Crippen MR) is 45.4 cm³/mol. The number of aromatic nitrogens is 1. The van der Waals surface area contributed by atoms with Crippen molar-refractivity contribution in [1.82, 2.24) is 4.98 Å². The van der Waals surface area contributed by atoms with Gasteiger partial charge in [-0.25, -0.2) is 4.98 Å². The van der Waals surface area contributed by atoms with Gasteiger partial charge in [-0.1, -0.05) is 6.08 Å². The van der Waals surface area contributed by atoms with Crippen LogP contribution in [0.2, 0.25) is 0 Å². The van der Waals surface area contributed by atoms with Crippen LogP contribution in [0.4, 0.5) is 0 Å². The van der Waals surface area contributed by atoms with E-state index in [0.717, 1.165) is 17.8 Å². The number of hydrogen-bond donors (Lipinski definition) is 0. The molecular formula is C8H11NS. The van der Waals surface area contributed by atoms with Gasteiger partial charge in [0.1, 0.15) is 0 Å². The van der Waals surface area contributed by atoms with E-state index < -0.39 is 0 Å². The first-order valence-corrected chi connectivity index (χ1v) is 4.17. The van der Waals surface area contributed by atoms with Crippen molar-refractivity contribution < 1.29 is 0 Å². The summed E-state index contributed by atoms with van der Waals surface area (Å²) in [6, 6.07) is 0. The second-order valence-corrected chi connectivity index (χ2v) is 3.49. The molecule has 0 fully saturated rings. The molecule has 0 aliphatic rings. The van der Waals surface area contributed by atoms with Crippen molar-refractivity contribution in [3.63, 3.8) is 0 Å². The number of thiazole rings is 1. The zero-order valence-electron chi connectivity index (χ0n) is 6.13. The van der Waals surface area contributed by atoms with Gasteiger partial charge >= 0.3 is 0 Å². The van der Waals surface area contributed by atoms with Crippen molar-refractivity contribution in [2.24, 2.45) is 0 Å². The quantitative estimate of drug-likeness (QED) is 0.608. The molecule has 0 N–H and O–H groups in total. The Labute approximate surface area is 65.4 Å². The third-order valence-electron chi connectivity index (χ3n) is 1.26. The summed E-state index contributed by atoms with van der Waals surface area (Å²) in [7, 11) is 0. The van der Waals surface area contributed by atoms with Crippen molar-refractivity contribution in [3.05, 3.63) is 28.7 Å². The fourth-order valence-electron chi connectivity index (χ4n) is 0.765. The maximum Gasteiger partial charge on any atom is 0.0896 e. The summed E-state index contributed by atoms with van der Waals surface area (Å²) in [5.74, 6) is 0. The van der Waals surface area contributed by atoms with Gasteiger partial charge in [-0.3, -0.25) is 0 Å². The minimum atomic E-state index is 1.06. The molecule has 0 amide bonds. The van der Waals surface area contributed by atoms with Crippen LogP contribution in [0.15, 0.2) is 18.9 Å². The van der Waals surface area contributed by atoms with E-state index in [1.54, 1.807) is 11.3 Å². The first-order chi connectivity index (χ1) is 4.83. The van der Waals surface area contributed by atoms with Crippen LogP contribution in [-0.2, 0) is 6.42 Å². The predicted octanol–water partition coefficient (Wildman–Crippen LogP) is 2.57. The molecule has 0 radical (unpaired) electrons. The van der Waals surface area contributed by atoms with Crippen LogP contribution < -0.4 is 0 Å². The summed E-state index contributed by atoms with van der Waals surface area (Å²) >= 11 is 1.77. The summed E-state index contributed by atoms with van der Waals surface area (Å²) < 4.78 is 0. The highest BCUT2D eigenvalue weighted by atomic mass is 32.1. The lowest BCUT2D eigenvalue weighted by atomic mass is 10.3. The molecule has 0 unspecified atom stereocenters. The van der Waals surface area contributed by atoms with Crippen LogP contribution in [0.5, 0.6) is 0 Å². The van der Waals surface area contributed by atoms with Gasteiger partial charge < -0.3 is 0 Å². The zero-order chi connectivity index (χ0) is 7.40. The summed E-state index contributed by atoms with van der Waals surface area (Å²) in [5.41, 5.74) is 0. The molecule has 10 heavy (non-hydrogen) atoms. The first-order valence-electron chi connectivity index (χ1n) is 3.35. The first kappa shape index (κ1) is 7.48. The Morgan fingerprint density at radius 3 is 3.10 bits per heavy atom. The van der Waals surface area contributed by atoms with Gasteiger partial charge in [0.2, 0.25) is 0 Å². The molecule has 1 heterocycles. The molecule has 1 aromatic heterocycles. The lowest BCUT2D eigenvalue weighted by Gasteiger charge is -1.86. The smallest absolute Gasteiger partial charge is 0.0896 e. The van der Waals surface area contributed by atoms with E-state index >= 15 is 0 Å². The van der Waals surface area contributed by atoms with E-state index in [-0.39, 0.29) is 0 Å². The molecular weight excluding hydrogens is 142 g/mol. The van der Waals surface area contributed by atoms with Crippen molar-refractivity contribution in [1.29, 1.82) is 0 Å². The van der Waals surface area contributed by atoms with E-state index in [9.17, 15) is 0 Å². The third kappa shape index (κ3) is 1.95. The van der Waals surface area contributed by atoms with E-state index in [2.05, 4.69) is 11.6 Å². The number of aryl methyl sites for hydroxylation is 2. The van der Waals surface area contributed by atoms with Gasteiger partial charge in [0, 0.05) is 11.1 Å². The van der Waals surface area contributed by atoms with Gasteiger partial charge in [0.15, 0.2) is 0 Å².